The van der Waals surface area contributed by atoms with Crippen molar-refractivity contribution in [3.8, 4) is 11.3 Å². The molecule has 0 saturated carbocycles. The van der Waals surface area contributed by atoms with Crippen LogP contribution in [0, 0.1) is 0 Å². The third-order valence-electron chi connectivity index (χ3n) is 4.93. The average molecular weight is 451 g/mol. The number of rotatable bonds is 5. The van der Waals surface area contributed by atoms with Crippen molar-refractivity contribution in [1.82, 2.24) is 9.46 Å². The maximum atomic E-state index is 13.0. The largest absolute Gasteiger partial charge is 0.443 e. The summed E-state index contributed by atoms with van der Waals surface area (Å²) in [5.41, 5.74) is 1.36. The molecule has 0 N–H and O–H groups in total. The van der Waals surface area contributed by atoms with Crippen LogP contribution in [0.15, 0.2) is 34.9 Å². The minimum atomic E-state index is -4.37. The fraction of sp³-hybridized carbons (Fsp3) is 0.545. The molecule has 2 heterocycles. The van der Waals surface area contributed by atoms with Crippen LogP contribution < -0.4 is 0 Å². The van der Waals surface area contributed by atoms with Gasteiger partial charge in [0, 0.05) is 17.5 Å². The predicted octanol–water partition coefficient (Wildman–Crippen LogP) is 5.02. The molecule has 0 spiro atoms. The molecule has 1 aliphatic heterocycles. The normalized spacial score (nSPS) is 18.7. The zero-order chi connectivity index (χ0) is 22.6. The molecule has 9 heteroatoms. The second-order valence-electron chi connectivity index (χ2n) is 8.56. The van der Waals surface area contributed by atoms with E-state index in [1.165, 1.54) is 0 Å². The van der Waals surface area contributed by atoms with Crippen molar-refractivity contribution in [2.24, 2.45) is 0 Å². The van der Waals surface area contributed by atoms with E-state index in [4.69, 9.17) is 13.4 Å². The van der Waals surface area contributed by atoms with E-state index in [9.17, 15) is 13.2 Å². The molecule has 0 fully saturated rings. The number of ether oxygens (including phenoxy) is 1. The first-order valence-corrected chi connectivity index (χ1v) is 12.0. The summed E-state index contributed by atoms with van der Waals surface area (Å²) >= 11 is 0. The number of carbonyl (C=O) groups excluding carboxylic acids is 1. The maximum Gasteiger partial charge on any atom is 0.426 e. The molecule has 8 nitrogen and oxygen atoms in total. The highest BCUT2D eigenvalue weighted by Gasteiger charge is 2.43. The zero-order valence-electron chi connectivity index (χ0n) is 18.5. The fourth-order valence-electron chi connectivity index (χ4n) is 3.58. The molecule has 0 bridgehead atoms. The van der Waals surface area contributed by atoms with Gasteiger partial charge in [0.05, 0.1) is 6.61 Å². The van der Waals surface area contributed by atoms with Crippen LogP contribution in [0.4, 0.5) is 4.79 Å². The minimum absolute atomic E-state index is 0.128. The lowest BCUT2D eigenvalue weighted by atomic mass is 9.97. The molecule has 2 aromatic rings. The Balaban J connectivity index is 2.11. The lowest BCUT2D eigenvalue weighted by Crippen LogP contribution is -2.45. The number of benzene rings is 1. The van der Waals surface area contributed by atoms with E-state index in [1.807, 2.05) is 30.3 Å². The number of hydrogen-bond donors (Lipinski definition) is 0. The van der Waals surface area contributed by atoms with Gasteiger partial charge in [-0.15, -0.1) is 0 Å². The Morgan fingerprint density at radius 1 is 1.23 bits per heavy atom. The van der Waals surface area contributed by atoms with Gasteiger partial charge >= 0.3 is 16.4 Å². The van der Waals surface area contributed by atoms with E-state index in [0.29, 0.717) is 35.0 Å². The Hall–Kier alpha value is -2.39. The van der Waals surface area contributed by atoms with Gasteiger partial charge in [0.25, 0.3) is 0 Å². The van der Waals surface area contributed by atoms with E-state index >= 15 is 0 Å². The van der Waals surface area contributed by atoms with Gasteiger partial charge in [0.1, 0.15) is 17.3 Å². The summed E-state index contributed by atoms with van der Waals surface area (Å²) in [7, 11) is -4.37. The highest BCUT2D eigenvalue weighted by atomic mass is 32.2. The van der Waals surface area contributed by atoms with Crippen molar-refractivity contribution in [3.63, 3.8) is 0 Å². The molecular formula is C22H30N2O6S. The maximum absolute atomic E-state index is 13.0. The van der Waals surface area contributed by atoms with Gasteiger partial charge < -0.3 is 9.26 Å². The smallest absolute Gasteiger partial charge is 0.426 e. The summed E-state index contributed by atoms with van der Waals surface area (Å²) in [4.78, 5) is 13.0. The SMILES string of the molecule is CCCCCC1c2onc(-c3ccccc3)c2CCOS(=O)(=O)N1C(=O)OC(C)(C)C. The Morgan fingerprint density at radius 3 is 2.58 bits per heavy atom. The molecule has 0 radical (unpaired) electrons. The molecule has 3 rings (SSSR count). The van der Waals surface area contributed by atoms with E-state index in [2.05, 4.69) is 12.1 Å². The predicted molar refractivity (Wildman–Crippen MR) is 115 cm³/mol. The monoisotopic (exact) mass is 450 g/mol. The second-order valence-corrected chi connectivity index (χ2v) is 10.0. The molecule has 1 unspecified atom stereocenters. The highest BCUT2D eigenvalue weighted by molar-refractivity contribution is 7.84. The third-order valence-corrected chi connectivity index (χ3v) is 6.28. The summed E-state index contributed by atoms with van der Waals surface area (Å²) in [6.07, 6.45) is 2.23. The van der Waals surface area contributed by atoms with Crippen LogP contribution in [-0.4, -0.2) is 36.2 Å². The van der Waals surface area contributed by atoms with Crippen LogP contribution in [0.3, 0.4) is 0 Å². The van der Waals surface area contributed by atoms with Crippen LogP contribution >= 0.6 is 0 Å². The fourth-order valence-corrected chi connectivity index (χ4v) is 4.72. The molecule has 1 aliphatic rings. The Labute approximate surface area is 183 Å². The first-order valence-electron chi connectivity index (χ1n) is 10.6. The van der Waals surface area contributed by atoms with Crippen LogP contribution in [-0.2, 0) is 25.6 Å². The second kappa shape index (κ2) is 9.40. The standard InChI is InChI=1S/C22H30N2O6S/c1-5-6-8-13-18-20-17(19(23-30-20)16-11-9-7-10-12-16)14-15-28-31(26,27)24(18)21(25)29-22(2,3)4/h7,9-12,18H,5-6,8,13-15H2,1-4H3. The number of unbranched alkanes of at least 4 members (excludes halogenated alkanes) is 2. The quantitative estimate of drug-likeness (QED) is 0.590. The van der Waals surface area contributed by atoms with Crippen molar-refractivity contribution in [2.75, 3.05) is 6.61 Å². The van der Waals surface area contributed by atoms with Crippen molar-refractivity contribution in [1.29, 1.82) is 0 Å². The van der Waals surface area contributed by atoms with Crippen molar-refractivity contribution >= 4 is 16.4 Å². The molecule has 1 amide bonds. The number of amides is 1. The van der Waals surface area contributed by atoms with Gasteiger partial charge in [0.2, 0.25) is 0 Å². The van der Waals surface area contributed by atoms with E-state index in [0.717, 1.165) is 24.0 Å². The summed E-state index contributed by atoms with van der Waals surface area (Å²) in [6, 6.07) is 8.61. The Morgan fingerprint density at radius 2 is 1.94 bits per heavy atom. The van der Waals surface area contributed by atoms with Crippen LogP contribution in [0.2, 0.25) is 0 Å². The van der Waals surface area contributed by atoms with Gasteiger partial charge in [0.15, 0.2) is 5.76 Å². The first kappa shape index (κ1) is 23.3. The van der Waals surface area contributed by atoms with Crippen LogP contribution in [0.1, 0.15) is 70.7 Å². The third kappa shape index (κ3) is 5.46. The van der Waals surface area contributed by atoms with Crippen molar-refractivity contribution in [2.45, 2.75) is 71.4 Å². The molecule has 1 aromatic heterocycles. The summed E-state index contributed by atoms with van der Waals surface area (Å²) in [5.74, 6) is 0.368. The van der Waals surface area contributed by atoms with Gasteiger partial charge in [-0.1, -0.05) is 61.7 Å². The Kier molecular flexibility index (Phi) is 7.06. The number of nitrogens with zero attached hydrogens (tertiary/aromatic N) is 2. The number of carbonyl (C=O) groups is 1. The number of fused-ring (bicyclic) bond motifs is 1. The summed E-state index contributed by atoms with van der Waals surface area (Å²) < 4.78 is 42.9. The topological polar surface area (TPSA) is 98.9 Å². The van der Waals surface area contributed by atoms with Gasteiger partial charge in [-0.05, 0) is 27.2 Å². The Bertz CT molecular complexity index is 995. The van der Waals surface area contributed by atoms with Crippen molar-refractivity contribution < 1.29 is 26.7 Å². The molecule has 1 aromatic carbocycles. The molecule has 31 heavy (non-hydrogen) atoms. The molecule has 170 valence electrons. The zero-order valence-corrected chi connectivity index (χ0v) is 19.3. The molecule has 1 atom stereocenters. The number of aromatic nitrogens is 1. The average Bonchev–Trinajstić information content (AvgIpc) is 3.08. The van der Waals surface area contributed by atoms with Gasteiger partial charge in [-0.2, -0.15) is 12.7 Å². The number of hydrogen-bond acceptors (Lipinski definition) is 7. The molecular weight excluding hydrogens is 420 g/mol. The van der Waals surface area contributed by atoms with Gasteiger partial charge in [-0.25, -0.2) is 4.79 Å². The van der Waals surface area contributed by atoms with Gasteiger partial charge in [-0.3, -0.25) is 4.18 Å². The highest BCUT2D eigenvalue weighted by Crippen LogP contribution is 2.38. The van der Waals surface area contributed by atoms with Crippen LogP contribution in [0.5, 0.6) is 0 Å². The van der Waals surface area contributed by atoms with E-state index in [-0.39, 0.29) is 6.61 Å². The minimum Gasteiger partial charge on any atom is -0.443 e. The first-order chi connectivity index (χ1) is 14.6. The lowest BCUT2D eigenvalue weighted by molar-refractivity contribution is 0.0279. The van der Waals surface area contributed by atoms with Crippen molar-refractivity contribution in [3.05, 3.63) is 41.7 Å². The molecule has 0 saturated heterocycles. The summed E-state index contributed by atoms with van der Waals surface area (Å²) in [6.45, 7) is 6.97. The lowest BCUT2D eigenvalue weighted by Gasteiger charge is -2.32. The van der Waals surface area contributed by atoms with E-state index < -0.39 is 28.0 Å². The summed E-state index contributed by atoms with van der Waals surface area (Å²) in [5, 5.41) is 4.24. The van der Waals surface area contributed by atoms with Crippen LogP contribution in [0.25, 0.3) is 11.3 Å². The van der Waals surface area contributed by atoms with E-state index in [1.54, 1.807) is 20.8 Å². The molecule has 0 aliphatic carbocycles.